The first-order valence-corrected chi connectivity index (χ1v) is 8.43. The van der Waals surface area contributed by atoms with Gasteiger partial charge in [0.1, 0.15) is 0 Å². The molecule has 6 heteroatoms. The number of rotatable bonds is 5. The lowest BCUT2D eigenvalue weighted by Gasteiger charge is -2.22. The van der Waals surface area contributed by atoms with E-state index < -0.39 is 21.7 Å². The van der Waals surface area contributed by atoms with E-state index in [9.17, 15) is 17.2 Å². The van der Waals surface area contributed by atoms with Crippen molar-refractivity contribution in [3.63, 3.8) is 0 Å². The van der Waals surface area contributed by atoms with Gasteiger partial charge in [0.15, 0.2) is 11.6 Å². The first kappa shape index (κ1) is 15.1. The van der Waals surface area contributed by atoms with Crippen LogP contribution in [0.15, 0.2) is 53.4 Å². The van der Waals surface area contributed by atoms with E-state index >= 15 is 0 Å². The molecule has 0 saturated heterocycles. The Morgan fingerprint density at radius 3 is 2.27 bits per heavy atom. The second-order valence-electron chi connectivity index (χ2n) is 5.34. The van der Waals surface area contributed by atoms with Gasteiger partial charge in [0.05, 0.1) is 4.90 Å². The zero-order valence-electron chi connectivity index (χ0n) is 11.7. The van der Waals surface area contributed by atoms with Gasteiger partial charge in [-0.2, -0.15) is 4.31 Å². The summed E-state index contributed by atoms with van der Waals surface area (Å²) < 4.78 is 53.2. The van der Waals surface area contributed by atoms with Gasteiger partial charge in [0.2, 0.25) is 10.0 Å². The molecule has 3 nitrogen and oxygen atoms in total. The Kier molecular flexibility index (Phi) is 3.97. The molecule has 2 aromatic carbocycles. The van der Waals surface area contributed by atoms with E-state index in [0.29, 0.717) is 0 Å². The molecule has 0 unspecified atom stereocenters. The molecular weight excluding hydrogens is 308 g/mol. The number of hydrogen-bond acceptors (Lipinski definition) is 2. The minimum absolute atomic E-state index is 0.0710. The van der Waals surface area contributed by atoms with E-state index in [-0.39, 0.29) is 17.5 Å². The van der Waals surface area contributed by atoms with Gasteiger partial charge in [-0.15, -0.1) is 0 Å². The van der Waals surface area contributed by atoms with Crippen LogP contribution in [0.25, 0.3) is 0 Å². The molecule has 0 atom stereocenters. The van der Waals surface area contributed by atoms with Crippen LogP contribution in [0.2, 0.25) is 0 Å². The molecule has 1 saturated carbocycles. The van der Waals surface area contributed by atoms with Crippen molar-refractivity contribution in [3.05, 3.63) is 65.7 Å². The van der Waals surface area contributed by atoms with Crippen molar-refractivity contribution >= 4 is 10.0 Å². The van der Waals surface area contributed by atoms with Gasteiger partial charge in [-0.3, -0.25) is 0 Å². The van der Waals surface area contributed by atoms with Crippen LogP contribution in [-0.4, -0.2) is 18.8 Å². The van der Waals surface area contributed by atoms with Gasteiger partial charge in [-0.05, 0) is 36.6 Å². The summed E-state index contributed by atoms with van der Waals surface area (Å²) in [5.74, 6) is -2.21. The smallest absolute Gasteiger partial charge is 0.207 e. The summed E-state index contributed by atoms with van der Waals surface area (Å²) in [6.45, 7) is 0.229. The molecule has 0 radical (unpaired) electrons. The monoisotopic (exact) mass is 323 g/mol. The standard InChI is InChI=1S/C16H15F2NO2S/c17-15-9-8-14(10-16(15)18)22(20,21)19(13-6-7-13)11-12-4-2-1-3-5-12/h1-5,8-10,13H,6-7,11H2. The van der Waals surface area contributed by atoms with Crippen molar-refractivity contribution in [2.45, 2.75) is 30.3 Å². The molecule has 0 spiro atoms. The van der Waals surface area contributed by atoms with Gasteiger partial charge in [-0.25, -0.2) is 17.2 Å². The van der Waals surface area contributed by atoms with Gasteiger partial charge in [0, 0.05) is 12.6 Å². The van der Waals surface area contributed by atoms with Crippen molar-refractivity contribution in [2.24, 2.45) is 0 Å². The van der Waals surface area contributed by atoms with Crippen molar-refractivity contribution in [1.29, 1.82) is 0 Å². The Labute approximate surface area is 128 Å². The summed E-state index contributed by atoms with van der Waals surface area (Å²) in [6.07, 6.45) is 1.57. The third kappa shape index (κ3) is 3.03. The number of halogens is 2. The van der Waals surface area contributed by atoms with Crippen molar-refractivity contribution in [2.75, 3.05) is 0 Å². The molecule has 0 aromatic heterocycles. The average molecular weight is 323 g/mol. The van der Waals surface area contributed by atoms with Crippen LogP contribution in [0, 0.1) is 11.6 Å². The second-order valence-corrected chi connectivity index (χ2v) is 7.23. The van der Waals surface area contributed by atoms with Crippen LogP contribution in [0.5, 0.6) is 0 Å². The molecular formula is C16H15F2NO2S. The largest absolute Gasteiger partial charge is 0.243 e. The lowest BCUT2D eigenvalue weighted by Crippen LogP contribution is -2.32. The lowest BCUT2D eigenvalue weighted by molar-refractivity contribution is 0.398. The fourth-order valence-corrected chi connectivity index (χ4v) is 3.99. The highest BCUT2D eigenvalue weighted by molar-refractivity contribution is 7.89. The SMILES string of the molecule is O=S(=O)(c1ccc(F)c(F)c1)N(Cc1ccccc1)C1CC1. The summed E-state index contributed by atoms with van der Waals surface area (Å²) in [5.41, 5.74) is 0.862. The fraction of sp³-hybridized carbons (Fsp3) is 0.250. The van der Waals surface area contributed by atoms with Crippen LogP contribution in [0.1, 0.15) is 18.4 Å². The fourth-order valence-electron chi connectivity index (χ4n) is 2.31. The van der Waals surface area contributed by atoms with E-state index in [1.54, 1.807) is 0 Å². The van der Waals surface area contributed by atoms with Crippen LogP contribution >= 0.6 is 0 Å². The van der Waals surface area contributed by atoms with E-state index in [1.807, 2.05) is 30.3 Å². The predicted molar refractivity (Wildman–Crippen MR) is 78.6 cm³/mol. The maximum Gasteiger partial charge on any atom is 0.243 e. The third-order valence-electron chi connectivity index (χ3n) is 3.63. The number of benzene rings is 2. The Morgan fingerprint density at radius 2 is 1.68 bits per heavy atom. The normalized spacial score (nSPS) is 15.2. The molecule has 0 amide bonds. The van der Waals surface area contributed by atoms with E-state index in [0.717, 1.165) is 36.6 Å². The Balaban J connectivity index is 1.94. The van der Waals surface area contributed by atoms with Crippen molar-refractivity contribution < 1.29 is 17.2 Å². The zero-order chi connectivity index (χ0) is 15.7. The molecule has 1 aliphatic carbocycles. The first-order valence-electron chi connectivity index (χ1n) is 6.99. The van der Waals surface area contributed by atoms with Gasteiger partial charge < -0.3 is 0 Å². The molecule has 116 valence electrons. The topological polar surface area (TPSA) is 37.4 Å². The molecule has 0 bridgehead atoms. The van der Waals surface area contributed by atoms with Gasteiger partial charge in [0.25, 0.3) is 0 Å². The van der Waals surface area contributed by atoms with Crippen LogP contribution in [0.3, 0.4) is 0 Å². The molecule has 2 aromatic rings. The van der Waals surface area contributed by atoms with Crippen LogP contribution in [-0.2, 0) is 16.6 Å². The Morgan fingerprint density at radius 1 is 1.00 bits per heavy atom. The Hall–Kier alpha value is -1.79. The number of sulfonamides is 1. The third-order valence-corrected chi connectivity index (χ3v) is 5.53. The highest BCUT2D eigenvalue weighted by Crippen LogP contribution is 2.33. The molecule has 0 aliphatic heterocycles. The molecule has 1 aliphatic rings. The summed E-state index contributed by atoms with van der Waals surface area (Å²) in [7, 11) is -3.85. The average Bonchev–Trinajstić information content (AvgIpc) is 3.33. The minimum Gasteiger partial charge on any atom is -0.207 e. The van der Waals surface area contributed by atoms with E-state index in [1.165, 1.54) is 4.31 Å². The van der Waals surface area contributed by atoms with Crippen molar-refractivity contribution in [1.82, 2.24) is 4.31 Å². The summed E-state index contributed by atoms with van der Waals surface area (Å²) in [6, 6.07) is 11.8. The quantitative estimate of drug-likeness (QED) is 0.846. The number of hydrogen-bond donors (Lipinski definition) is 0. The summed E-state index contributed by atoms with van der Waals surface area (Å²) >= 11 is 0. The molecule has 22 heavy (non-hydrogen) atoms. The molecule has 0 heterocycles. The lowest BCUT2D eigenvalue weighted by atomic mass is 10.2. The maximum atomic E-state index is 13.4. The van der Waals surface area contributed by atoms with Gasteiger partial charge in [-0.1, -0.05) is 30.3 Å². The highest BCUT2D eigenvalue weighted by atomic mass is 32.2. The summed E-state index contributed by atoms with van der Waals surface area (Å²) in [4.78, 5) is -0.214. The zero-order valence-corrected chi connectivity index (χ0v) is 12.6. The molecule has 3 rings (SSSR count). The second kappa shape index (κ2) is 5.78. The van der Waals surface area contributed by atoms with Gasteiger partial charge >= 0.3 is 0 Å². The highest BCUT2D eigenvalue weighted by Gasteiger charge is 2.38. The maximum absolute atomic E-state index is 13.4. The van der Waals surface area contributed by atoms with E-state index in [2.05, 4.69) is 0 Å². The molecule has 1 fully saturated rings. The van der Waals surface area contributed by atoms with Crippen molar-refractivity contribution in [3.8, 4) is 0 Å². The summed E-state index contributed by atoms with van der Waals surface area (Å²) in [5, 5.41) is 0. The van der Waals surface area contributed by atoms with Crippen LogP contribution < -0.4 is 0 Å². The minimum atomic E-state index is -3.85. The number of nitrogens with zero attached hydrogens (tertiary/aromatic N) is 1. The first-order chi connectivity index (χ1) is 10.5. The Bertz CT molecular complexity index is 774. The molecule has 0 N–H and O–H groups in total. The van der Waals surface area contributed by atoms with Crippen LogP contribution in [0.4, 0.5) is 8.78 Å². The predicted octanol–water partition coefficient (Wildman–Crippen LogP) is 3.32. The van der Waals surface area contributed by atoms with E-state index in [4.69, 9.17) is 0 Å².